The van der Waals surface area contributed by atoms with Gasteiger partial charge in [-0.3, -0.25) is 9.69 Å². The predicted molar refractivity (Wildman–Crippen MR) is 104 cm³/mol. The average Bonchev–Trinajstić information content (AvgIpc) is 3.17. The van der Waals surface area contributed by atoms with Crippen molar-refractivity contribution in [3.05, 3.63) is 47.1 Å². The first-order valence-corrected chi connectivity index (χ1v) is 10.3. The summed E-state index contributed by atoms with van der Waals surface area (Å²) in [6.07, 6.45) is -2.41. The van der Waals surface area contributed by atoms with Gasteiger partial charge in [-0.05, 0) is 38.0 Å². The first-order chi connectivity index (χ1) is 14.8. The molecule has 0 spiro atoms. The number of aryl methyl sites for hydroxylation is 1. The third kappa shape index (κ3) is 4.06. The zero-order chi connectivity index (χ0) is 22.2. The monoisotopic (exact) mass is 438 g/mol. The number of halogens is 3. The molecule has 0 N–H and O–H groups in total. The number of hydrogen-bond donors (Lipinski definition) is 0. The van der Waals surface area contributed by atoms with Crippen molar-refractivity contribution in [1.29, 1.82) is 0 Å². The summed E-state index contributed by atoms with van der Waals surface area (Å²) in [5, 5.41) is 3.95. The Morgan fingerprint density at radius 3 is 2.58 bits per heavy atom. The summed E-state index contributed by atoms with van der Waals surface area (Å²) in [6.45, 7) is 5.67. The van der Waals surface area contributed by atoms with E-state index >= 15 is 0 Å². The van der Waals surface area contributed by atoms with Gasteiger partial charge in [-0.15, -0.1) is 0 Å². The lowest BCUT2D eigenvalue weighted by Gasteiger charge is -2.55. The summed E-state index contributed by atoms with van der Waals surface area (Å²) in [7, 11) is 0. The number of piperidine rings is 1. The van der Waals surface area contributed by atoms with Crippen LogP contribution in [-0.4, -0.2) is 58.8 Å². The molecule has 0 radical (unpaired) electrons. The maximum absolute atomic E-state index is 13.0. The number of alkyl halides is 3. The van der Waals surface area contributed by atoms with E-state index in [0.29, 0.717) is 37.8 Å². The minimum Gasteiger partial charge on any atom is -0.363 e. The molecule has 1 aromatic carbocycles. The van der Waals surface area contributed by atoms with Crippen molar-refractivity contribution < 1.29 is 27.2 Å². The SMILES string of the molecule is CCOC1CCN1C1(c2nc(C)no2)CC(c2ccc(C(F)(F)F)cc2)CN(C=O)C1. The Balaban J connectivity index is 1.71. The van der Waals surface area contributed by atoms with Crippen LogP contribution in [0, 0.1) is 6.92 Å². The molecule has 10 heteroatoms. The molecular formula is C21H25F3N4O3. The first kappa shape index (κ1) is 21.8. The molecule has 2 aliphatic heterocycles. The molecule has 1 amide bonds. The number of carbonyl (C=O) groups excluding carboxylic acids is 1. The second kappa shape index (κ2) is 8.23. The van der Waals surface area contributed by atoms with Gasteiger partial charge in [0.2, 0.25) is 12.3 Å². The van der Waals surface area contributed by atoms with Gasteiger partial charge in [-0.1, -0.05) is 17.3 Å². The van der Waals surface area contributed by atoms with Gasteiger partial charge in [0.05, 0.1) is 5.56 Å². The van der Waals surface area contributed by atoms with Crippen LogP contribution in [0.3, 0.4) is 0 Å². The molecule has 2 aromatic rings. The van der Waals surface area contributed by atoms with Crippen LogP contribution in [-0.2, 0) is 21.2 Å². The Hall–Kier alpha value is -2.46. The first-order valence-electron chi connectivity index (χ1n) is 10.3. The Morgan fingerprint density at radius 1 is 1.32 bits per heavy atom. The van der Waals surface area contributed by atoms with Gasteiger partial charge >= 0.3 is 6.18 Å². The Labute approximate surface area is 178 Å². The van der Waals surface area contributed by atoms with Crippen molar-refractivity contribution in [2.24, 2.45) is 0 Å². The van der Waals surface area contributed by atoms with Gasteiger partial charge < -0.3 is 14.2 Å². The van der Waals surface area contributed by atoms with E-state index < -0.39 is 17.3 Å². The van der Waals surface area contributed by atoms with Gasteiger partial charge in [0.15, 0.2) is 5.82 Å². The van der Waals surface area contributed by atoms with Crippen LogP contribution in [0.25, 0.3) is 0 Å². The molecule has 0 bridgehead atoms. The maximum atomic E-state index is 13.0. The lowest BCUT2D eigenvalue weighted by atomic mass is 9.76. The Kier molecular flexibility index (Phi) is 5.78. The summed E-state index contributed by atoms with van der Waals surface area (Å²) in [4.78, 5) is 20.1. The minimum atomic E-state index is -4.40. The van der Waals surface area contributed by atoms with E-state index in [9.17, 15) is 18.0 Å². The number of carbonyl (C=O) groups is 1. The van der Waals surface area contributed by atoms with E-state index in [1.165, 1.54) is 12.1 Å². The van der Waals surface area contributed by atoms with Gasteiger partial charge in [-0.25, -0.2) is 0 Å². The highest BCUT2D eigenvalue weighted by Gasteiger charge is 2.54. The molecule has 168 valence electrons. The molecule has 0 aliphatic carbocycles. The fourth-order valence-electron chi connectivity index (χ4n) is 4.66. The number of nitrogens with zero attached hydrogens (tertiary/aromatic N) is 4. The van der Waals surface area contributed by atoms with Crippen LogP contribution < -0.4 is 0 Å². The summed E-state index contributed by atoms with van der Waals surface area (Å²) < 4.78 is 50.4. The molecule has 3 atom stereocenters. The highest BCUT2D eigenvalue weighted by molar-refractivity contribution is 5.49. The molecule has 2 saturated heterocycles. The lowest BCUT2D eigenvalue weighted by Crippen LogP contribution is -2.66. The van der Waals surface area contributed by atoms with E-state index in [1.807, 2.05) is 6.92 Å². The zero-order valence-corrected chi connectivity index (χ0v) is 17.4. The molecule has 1 aromatic heterocycles. The van der Waals surface area contributed by atoms with Crippen molar-refractivity contribution in [3.8, 4) is 0 Å². The van der Waals surface area contributed by atoms with E-state index in [1.54, 1.807) is 11.8 Å². The highest BCUT2D eigenvalue weighted by atomic mass is 19.4. The molecule has 3 heterocycles. The number of rotatable bonds is 6. The lowest BCUT2D eigenvalue weighted by molar-refractivity contribution is -0.193. The van der Waals surface area contributed by atoms with Gasteiger partial charge in [0, 0.05) is 38.6 Å². The van der Waals surface area contributed by atoms with Crippen LogP contribution in [0.2, 0.25) is 0 Å². The van der Waals surface area contributed by atoms with Gasteiger partial charge in [0.25, 0.3) is 0 Å². The normalized spacial score (nSPS) is 27.2. The fourth-order valence-corrected chi connectivity index (χ4v) is 4.66. The molecule has 31 heavy (non-hydrogen) atoms. The number of likely N-dealkylation sites (tertiary alicyclic amines) is 2. The Bertz CT molecular complexity index is 917. The number of amides is 1. The number of ether oxygens (including phenoxy) is 1. The molecule has 2 fully saturated rings. The smallest absolute Gasteiger partial charge is 0.363 e. The second-order valence-electron chi connectivity index (χ2n) is 8.13. The quantitative estimate of drug-likeness (QED) is 0.645. The standard InChI is InChI=1S/C21H25F3N4O3/c1-3-30-18-8-9-28(18)20(19-25-14(2)26-31-19)10-16(11-27(12-20)13-29)15-4-6-17(7-5-15)21(22,23)24/h4-7,13,16,18H,3,8-12H2,1-2H3. The van der Waals surface area contributed by atoms with E-state index in [4.69, 9.17) is 9.26 Å². The van der Waals surface area contributed by atoms with Crippen LogP contribution in [0.1, 0.15) is 48.5 Å². The largest absolute Gasteiger partial charge is 0.416 e. The highest BCUT2D eigenvalue weighted by Crippen LogP contribution is 2.46. The molecular weight excluding hydrogens is 413 g/mol. The van der Waals surface area contributed by atoms with Crippen LogP contribution in [0.15, 0.2) is 28.8 Å². The molecule has 4 rings (SSSR count). The van der Waals surface area contributed by atoms with E-state index in [2.05, 4.69) is 15.0 Å². The van der Waals surface area contributed by atoms with Crippen LogP contribution in [0.4, 0.5) is 13.2 Å². The molecule has 7 nitrogen and oxygen atoms in total. The number of aromatic nitrogens is 2. The second-order valence-corrected chi connectivity index (χ2v) is 8.13. The number of hydrogen-bond acceptors (Lipinski definition) is 6. The molecule has 2 aliphatic rings. The molecule has 3 unspecified atom stereocenters. The Morgan fingerprint density at radius 2 is 2.06 bits per heavy atom. The van der Waals surface area contributed by atoms with Crippen molar-refractivity contribution in [3.63, 3.8) is 0 Å². The van der Waals surface area contributed by atoms with E-state index in [-0.39, 0.29) is 12.1 Å². The third-order valence-electron chi connectivity index (χ3n) is 6.16. The van der Waals surface area contributed by atoms with Crippen molar-refractivity contribution in [1.82, 2.24) is 19.9 Å². The van der Waals surface area contributed by atoms with Crippen molar-refractivity contribution in [2.45, 2.75) is 50.6 Å². The summed E-state index contributed by atoms with van der Waals surface area (Å²) in [5.41, 5.74) is -0.739. The van der Waals surface area contributed by atoms with Gasteiger partial charge in [-0.2, -0.15) is 18.2 Å². The zero-order valence-electron chi connectivity index (χ0n) is 17.4. The average molecular weight is 438 g/mol. The topological polar surface area (TPSA) is 71.7 Å². The van der Waals surface area contributed by atoms with E-state index in [0.717, 1.165) is 37.1 Å². The van der Waals surface area contributed by atoms with Crippen molar-refractivity contribution in [2.75, 3.05) is 26.2 Å². The van der Waals surface area contributed by atoms with Gasteiger partial charge in [0.1, 0.15) is 11.8 Å². The summed E-state index contributed by atoms with van der Waals surface area (Å²) in [6, 6.07) is 5.14. The molecule has 0 saturated carbocycles. The predicted octanol–water partition coefficient (Wildman–Crippen LogP) is 3.31. The summed E-state index contributed by atoms with van der Waals surface area (Å²) in [5.74, 6) is 0.686. The van der Waals surface area contributed by atoms with Crippen molar-refractivity contribution >= 4 is 6.41 Å². The fraction of sp³-hybridized carbons (Fsp3) is 0.571. The van der Waals surface area contributed by atoms with Crippen LogP contribution in [0.5, 0.6) is 0 Å². The number of benzene rings is 1. The van der Waals surface area contributed by atoms with Crippen LogP contribution >= 0.6 is 0 Å². The maximum Gasteiger partial charge on any atom is 0.416 e. The third-order valence-corrected chi connectivity index (χ3v) is 6.16. The minimum absolute atomic E-state index is 0.142. The summed E-state index contributed by atoms with van der Waals surface area (Å²) >= 11 is 0.